The van der Waals surface area contributed by atoms with Gasteiger partial charge in [-0.3, -0.25) is 0 Å². The number of likely N-dealkylation sites (N-methyl/N-ethyl adjacent to an activating group) is 1. The molecular formula is C15H17FN2. The summed E-state index contributed by atoms with van der Waals surface area (Å²) in [6.07, 6.45) is 0. The molecule has 94 valence electrons. The number of halogens is 1. The van der Waals surface area contributed by atoms with Crippen LogP contribution in [-0.2, 0) is 0 Å². The molecule has 2 aromatic rings. The molecule has 0 bridgehead atoms. The summed E-state index contributed by atoms with van der Waals surface area (Å²) in [5.41, 5.74) is 7.81. The van der Waals surface area contributed by atoms with Gasteiger partial charge in [-0.2, -0.15) is 0 Å². The summed E-state index contributed by atoms with van der Waals surface area (Å²) in [6, 6.07) is 16.6. The average Bonchev–Trinajstić information content (AvgIpc) is 2.41. The summed E-state index contributed by atoms with van der Waals surface area (Å²) >= 11 is 0. The minimum Gasteiger partial charge on any atom is -0.366 e. The summed E-state index contributed by atoms with van der Waals surface area (Å²) < 4.78 is 13.2. The highest BCUT2D eigenvalue weighted by molar-refractivity contribution is 5.48. The van der Waals surface area contributed by atoms with Gasteiger partial charge in [-0.15, -0.1) is 0 Å². The van der Waals surface area contributed by atoms with Crippen molar-refractivity contribution < 1.29 is 4.39 Å². The van der Waals surface area contributed by atoms with Gasteiger partial charge in [0.1, 0.15) is 5.82 Å². The van der Waals surface area contributed by atoms with E-state index in [2.05, 4.69) is 0 Å². The summed E-state index contributed by atoms with van der Waals surface area (Å²) in [6.45, 7) is 0.483. The predicted octanol–water partition coefficient (Wildman–Crippen LogP) is 2.96. The average molecular weight is 244 g/mol. The summed E-state index contributed by atoms with van der Waals surface area (Å²) in [4.78, 5) is 2.00. The number of hydrogen-bond acceptors (Lipinski definition) is 2. The van der Waals surface area contributed by atoms with Crippen molar-refractivity contribution in [3.8, 4) is 0 Å². The van der Waals surface area contributed by atoms with Crippen LogP contribution in [0.25, 0.3) is 0 Å². The Morgan fingerprint density at radius 1 is 1.11 bits per heavy atom. The van der Waals surface area contributed by atoms with Crippen LogP contribution in [0.15, 0.2) is 54.6 Å². The fourth-order valence-corrected chi connectivity index (χ4v) is 2.07. The number of anilines is 1. The lowest BCUT2D eigenvalue weighted by molar-refractivity contribution is 0.623. The molecule has 18 heavy (non-hydrogen) atoms. The molecule has 0 aliphatic heterocycles. The highest BCUT2D eigenvalue weighted by Crippen LogP contribution is 2.25. The first-order valence-corrected chi connectivity index (χ1v) is 5.96. The molecule has 0 amide bonds. The third-order valence-corrected chi connectivity index (χ3v) is 3.09. The van der Waals surface area contributed by atoms with E-state index in [1.807, 2.05) is 48.3 Å². The predicted molar refractivity (Wildman–Crippen MR) is 73.0 cm³/mol. The third-order valence-electron chi connectivity index (χ3n) is 3.09. The van der Waals surface area contributed by atoms with E-state index in [0.717, 1.165) is 11.3 Å². The number of hydrogen-bond donors (Lipinski definition) is 1. The van der Waals surface area contributed by atoms with Crippen LogP contribution in [0.1, 0.15) is 11.6 Å². The van der Waals surface area contributed by atoms with Gasteiger partial charge in [0.25, 0.3) is 0 Å². The van der Waals surface area contributed by atoms with Crippen LogP contribution in [0, 0.1) is 5.82 Å². The lowest BCUT2D eigenvalue weighted by atomic mass is 10.1. The summed E-state index contributed by atoms with van der Waals surface area (Å²) in [5, 5.41) is 0. The molecular weight excluding hydrogens is 227 g/mol. The number of rotatable bonds is 4. The normalized spacial score (nSPS) is 12.2. The third kappa shape index (κ3) is 2.68. The standard InChI is InChI=1S/C15H17FN2/c1-18(14-9-5-8-13(16)10-14)15(11-17)12-6-3-2-4-7-12/h2-10,15H,11,17H2,1H3. The lowest BCUT2D eigenvalue weighted by Gasteiger charge is -2.29. The Morgan fingerprint density at radius 2 is 1.83 bits per heavy atom. The van der Waals surface area contributed by atoms with Crippen molar-refractivity contribution in [3.05, 3.63) is 66.0 Å². The number of nitrogens with two attached hydrogens (primary N) is 1. The maximum Gasteiger partial charge on any atom is 0.125 e. The summed E-state index contributed by atoms with van der Waals surface area (Å²) in [5.74, 6) is -0.233. The molecule has 0 aromatic heterocycles. The van der Waals surface area contributed by atoms with E-state index in [-0.39, 0.29) is 11.9 Å². The van der Waals surface area contributed by atoms with Crippen LogP contribution in [0.5, 0.6) is 0 Å². The Balaban J connectivity index is 2.28. The minimum atomic E-state index is -0.233. The van der Waals surface area contributed by atoms with Crippen LogP contribution in [-0.4, -0.2) is 13.6 Å². The van der Waals surface area contributed by atoms with Gasteiger partial charge in [-0.1, -0.05) is 36.4 Å². The molecule has 2 N–H and O–H groups in total. The molecule has 0 spiro atoms. The zero-order chi connectivity index (χ0) is 13.0. The second kappa shape index (κ2) is 5.65. The van der Waals surface area contributed by atoms with E-state index >= 15 is 0 Å². The van der Waals surface area contributed by atoms with E-state index in [4.69, 9.17) is 5.73 Å². The Bertz CT molecular complexity index is 499. The molecule has 0 saturated heterocycles. The van der Waals surface area contributed by atoms with Gasteiger partial charge in [0, 0.05) is 19.3 Å². The first kappa shape index (κ1) is 12.6. The van der Waals surface area contributed by atoms with E-state index in [1.54, 1.807) is 6.07 Å². The minimum absolute atomic E-state index is 0.0491. The van der Waals surface area contributed by atoms with E-state index < -0.39 is 0 Å². The van der Waals surface area contributed by atoms with Crippen molar-refractivity contribution in [1.82, 2.24) is 0 Å². The number of benzene rings is 2. The quantitative estimate of drug-likeness (QED) is 0.896. The van der Waals surface area contributed by atoms with Crippen molar-refractivity contribution in [2.75, 3.05) is 18.5 Å². The topological polar surface area (TPSA) is 29.3 Å². The maximum atomic E-state index is 13.2. The molecule has 0 aliphatic rings. The van der Waals surface area contributed by atoms with Gasteiger partial charge in [-0.05, 0) is 23.8 Å². The Kier molecular flexibility index (Phi) is 3.95. The lowest BCUT2D eigenvalue weighted by Crippen LogP contribution is -2.30. The van der Waals surface area contributed by atoms with E-state index in [0.29, 0.717) is 6.54 Å². The van der Waals surface area contributed by atoms with Crippen molar-refractivity contribution in [2.45, 2.75) is 6.04 Å². The van der Waals surface area contributed by atoms with Crippen LogP contribution < -0.4 is 10.6 Å². The highest BCUT2D eigenvalue weighted by atomic mass is 19.1. The second-order valence-corrected chi connectivity index (χ2v) is 4.25. The summed E-state index contributed by atoms with van der Waals surface area (Å²) in [7, 11) is 1.93. The van der Waals surface area contributed by atoms with Crippen molar-refractivity contribution in [2.24, 2.45) is 5.73 Å². The fourth-order valence-electron chi connectivity index (χ4n) is 2.07. The first-order valence-electron chi connectivity index (χ1n) is 5.96. The van der Waals surface area contributed by atoms with Gasteiger partial charge in [-0.25, -0.2) is 4.39 Å². The molecule has 1 unspecified atom stereocenters. The zero-order valence-corrected chi connectivity index (χ0v) is 10.4. The van der Waals surface area contributed by atoms with Crippen LogP contribution in [0.2, 0.25) is 0 Å². The smallest absolute Gasteiger partial charge is 0.125 e. The van der Waals surface area contributed by atoms with Crippen molar-refractivity contribution in [3.63, 3.8) is 0 Å². The SMILES string of the molecule is CN(c1cccc(F)c1)C(CN)c1ccccc1. The van der Waals surface area contributed by atoms with Gasteiger partial charge in [0.2, 0.25) is 0 Å². The molecule has 0 aliphatic carbocycles. The van der Waals surface area contributed by atoms with Gasteiger partial charge >= 0.3 is 0 Å². The Hall–Kier alpha value is -1.87. The molecule has 2 aromatic carbocycles. The Labute approximate surface area is 107 Å². The molecule has 0 heterocycles. The van der Waals surface area contributed by atoms with Crippen LogP contribution in [0.3, 0.4) is 0 Å². The van der Waals surface area contributed by atoms with Gasteiger partial charge < -0.3 is 10.6 Å². The monoisotopic (exact) mass is 244 g/mol. The molecule has 2 nitrogen and oxygen atoms in total. The largest absolute Gasteiger partial charge is 0.366 e. The van der Waals surface area contributed by atoms with Gasteiger partial charge in [0.15, 0.2) is 0 Å². The second-order valence-electron chi connectivity index (χ2n) is 4.25. The van der Waals surface area contributed by atoms with Crippen molar-refractivity contribution in [1.29, 1.82) is 0 Å². The molecule has 0 fully saturated rings. The van der Waals surface area contributed by atoms with E-state index in [1.165, 1.54) is 12.1 Å². The van der Waals surface area contributed by atoms with E-state index in [9.17, 15) is 4.39 Å². The number of nitrogens with zero attached hydrogens (tertiary/aromatic N) is 1. The van der Waals surface area contributed by atoms with Gasteiger partial charge in [0.05, 0.1) is 6.04 Å². The van der Waals surface area contributed by atoms with Crippen LogP contribution >= 0.6 is 0 Å². The molecule has 2 rings (SSSR count). The zero-order valence-electron chi connectivity index (χ0n) is 10.4. The molecule has 3 heteroatoms. The first-order chi connectivity index (χ1) is 8.72. The van der Waals surface area contributed by atoms with Crippen LogP contribution in [0.4, 0.5) is 10.1 Å². The molecule has 0 saturated carbocycles. The maximum absolute atomic E-state index is 13.2. The fraction of sp³-hybridized carbons (Fsp3) is 0.200. The molecule has 0 radical (unpaired) electrons. The van der Waals surface area contributed by atoms with Crippen molar-refractivity contribution >= 4 is 5.69 Å². The Morgan fingerprint density at radius 3 is 2.44 bits per heavy atom. The molecule has 1 atom stereocenters. The highest BCUT2D eigenvalue weighted by Gasteiger charge is 2.15.